The maximum Gasteiger partial charge on any atom is 0.416 e. The van der Waals surface area contributed by atoms with Gasteiger partial charge in [0.2, 0.25) is 0 Å². The molecule has 0 heterocycles. The molecule has 0 amide bonds. The molecule has 1 aliphatic carbocycles. The van der Waals surface area contributed by atoms with E-state index in [-0.39, 0.29) is 12.1 Å². The van der Waals surface area contributed by atoms with Crippen LogP contribution in [0.4, 0.5) is 13.2 Å². The lowest BCUT2D eigenvalue weighted by Gasteiger charge is -2.29. The third-order valence-corrected chi connectivity index (χ3v) is 4.01. The van der Waals surface area contributed by atoms with Crippen LogP contribution in [-0.2, 0) is 12.6 Å². The van der Waals surface area contributed by atoms with E-state index in [0.29, 0.717) is 18.0 Å². The highest BCUT2D eigenvalue weighted by Gasteiger charge is 2.30. The van der Waals surface area contributed by atoms with Gasteiger partial charge in [0.1, 0.15) is 0 Å². The topological polar surface area (TPSA) is 32.3 Å². The molecule has 1 unspecified atom stereocenters. The summed E-state index contributed by atoms with van der Waals surface area (Å²) >= 11 is 0. The Morgan fingerprint density at radius 2 is 1.90 bits per heavy atom. The summed E-state index contributed by atoms with van der Waals surface area (Å²) in [6.07, 6.45) is -0.457. The Balaban J connectivity index is 1.89. The minimum atomic E-state index is -4.29. The van der Waals surface area contributed by atoms with Crippen LogP contribution >= 0.6 is 0 Å². The average Bonchev–Trinajstić information content (AvgIpc) is 2.41. The molecule has 5 heteroatoms. The minimum absolute atomic E-state index is 0.119. The number of hydrogen-bond donors (Lipinski definition) is 2. The summed E-state index contributed by atoms with van der Waals surface area (Å²) in [5.74, 6) is 0. The van der Waals surface area contributed by atoms with Gasteiger partial charge in [0.15, 0.2) is 0 Å². The van der Waals surface area contributed by atoms with E-state index in [0.717, 1.165) is 31.7 Å². The van der Waals surface area contributed by atoms with E-state index in [9.17, 15) is 18.3 Å². The summed E-state index contributed by atoms with van der Waals surface area (Å²) in [5, 5.41) is 12.9. The summed E-state index contributed by atoms with van der Waals surface area (Å²) in [5.41, 5.74) is 0.105. The molecule has 2 rings (SSSR count). The molecule has 1 saturated carbocycles. The van der Waals surface area contributed by atoms with E-state index in [1.807, 2.05) is 6.92 Å². The molecule has 1 fully saturated rings. The van der Waals surface area contributed by atoms with Crippen LogP contribution in [0, 0.1) is 0 Å². The first-order chi connectivity index (χ1) is 9.84. The van der Waals surface area contributed by atoms with Crippen molar-refractivity contribution in [3.8, 4) is 0 Å². The smallest absolute Gasteiger partial charge is 0.393 e. The number of alkyl halides is 3. The predicted molar refractivity (Wildman–Crippen MR) is 76.0 cm³/mol. The molecule has 1 aromatic carbocycles. The molecule has 118 valence electrons. The van der Waals surface area contributed by atoms with E-state index < -0.39 is 11.7 Å². The number of rotatable bonds is 4. The Morgan fingerprint density at radius 1 is 1.24 bits per heavy atom. The van der Waals surface area contributed by atoms with Gasteiger partial charge in [-0.2, -0.15) is 13.2 Å². The van der Waals surface area contributed by atoms with Crippen molar-refractivity contribution in [1.29, 1.82) is 0 Å². The van der Waals surface area contributed by atoms with Crippen molar-refractivity contribution in [1.82, 2.24) is 5.32 Å². The number of aliphatic hydroxyl groups is 1. The van der Waals surface area contributed by atoms with Crippen molar-refractivity contribution in [2.24, 2.45) is 0 Å². The fraction of sp³-hybridized carbons (Fsp3) is 0.625. The molecular formula is C16H22F3NO. The first kappa shape index (κ1) is 16.3. The van der Waals surface area contributed by atoms with Crippen LogP contribution in [0.3, 0.4) is 0 Å². The monoisotopic (exact) mass is 301 g/mol. The standard InChI is InChI=1S/C16H22F3NO/c1-11(20-14-5-7-15(21)8-6-14)9-12-3-2-4-13(10-12)16(17,18)19/h2-4,10-11,14-15,20-21H,5-9H2,1H3. The van der Waals surface area contributed by atoms with Gasteiger partial charge in [-0.15, -0.1) is 0 Å². The molecule has 21 heavy (non-hydrogen) atoms. The van der Waals surface area contributed by atoms with Gasteiger partial charge in [0, 0.05) is 12.1 Å². The summed E-state index contributed by atoms with van der Waals surface area (Å²) in [7, 11) is 0. The number of benzene rings is 1. The lowest BCUT2D eigenvalue weighted by molar-refractivity contribution is -0.137. The van der Waals surface area contributed by atoms with E-state index >= 15 is 0 Å². The highest BCUT2D eigenvalue weighted by atomic mass is 19.4. The van der Waals surface area contributed by atoms with Crippen molar-refractivity contribution in [3.05, 3.63) is 35.4 Å². The molecule has 0 radical (unpaired) electrons. The van der Waals surface area contributed by atoms with Crippen LogP contribution in [0.25, 0.3) is 0 Å². The Labute approximate surface area is 123 Å². The maximum absolute atomic E-state index is 12.7. The first-order valence-electron chi connectivity index (χ1n) is 7.45. The molecule has 0 aromatic heterocycles. The van der Waals surface area contributed by atoms with Crippen molar-refractivity contribution in [2.75, 3.05) is 0 Å². The van der Waals surface area contributed by atoms with Crippen LogP contribution in [0.15, 0.2) is 24.3 Å². The molecule has 1 aromatic rings. The van der Waals surface area contributed by atoms with Gasteiger partial charge in [-0.05, 0) is 50.7 Å². The van der Waals surface area contributed by atoms with E-state index in [4.69, 9.17) is 0 Å². The Morgan fingerprint density at radius 3 is 2.52 bits per heavy atom. The van der Waals surface area contributed by atoms with Crippen molar-refractivity contribution >= 4 is 0 Å². The lowest BCUT2D eigenvalue weighted by Crippen LogP contribution is -2.40. The molecule has 1 atom stereocenters. The Hall–Kier alpha value is -1.07. The molecule has 0 aliphatic heterocycles. The molecule has 0 spiro atoms. The molecule has 2 N–H and O–H groups in total. The second-order valence-corrected chi connectivity index (χ2v) is 5.98. The summed E-state index contributed by atoms with van der Waals surface area (Å²) in [4.78, 5) is 0. The van der Waals surface area contributed by atoms with Gasteiger partial charge in [-0.3, -0.25) is 0 Å². The van der Waals surface area contributed by atoms with Gasteiger partial charge in [0.25, 0.3) is 0 Å². The van der Waals surface area contributed by atoms with Crippen LogP contribution in [0.1, 0.15) is 43.7 Å². The normalized spacial score (nSPS) is 24.8. The van der Waals surface area contributed by atoms with Gasteiger partial charge in [-0.1, -0.05) is 18.2 Å². The largest absolute Gasteiger partial charge is 0.416 e. The van der Waals surface area contributed by atoms with E-state index in [2.05, 4.69) is 5.32 Å². The van der Waals surface area contributed by atoms with Crippen LogP contribution in [-0.4, -0.2) is 23.3 Å². The van der Waals surface area contributed by atoms with Gasteiger partial charge in [0.05, 0.1) is 11.7 Å². The van der Waals surface area contributed by atoms with Crippen LogP contribution < -0.4 is 5.32 Å². The second kappa shape index (κ2) is 6.79. The molecule has 0 saturated heterocycles. The number of hydrogen-bond acceptors (Lipinski definition) is 2. The van der Waals surface area contributed by atoms with Gasteiger partial charge in [-0.25, -0.2) is 0 Å². The zero-order valence-electron chi connectivity index (χ0n) is 12.2. The molecule has 2 nitrogen and oxygen atoms in total. The third-order valence-electron chi connectivity index (χ3n) is 4.01. The molecule has 0 bridgehead atoms. The van der Waals surface area contributed by atoms with E-state index in [1.165, 1.54) is 12.1 Å². The van der Waals surface area contributed by atoms with Crippen molar-refractivity contribution in [2.45, 2.75) is 63.4 Å². The number of aliphatic hydroxyl groups excluding tert-OH is 1. The lowest BCUT2D eigenvalue weighted by atomic mass is 9.92. The highest BCUT2D eigenvalue weighted by molar-refractivity contribution is 5.26. The molecule has 1 aliphatic rings. The highest BCUT2D eigenvalue weighted by Crippen LogP contribution is 2.29. The first-order valence-corrected chi connectivity index (χ1v) is 7.45. The van der Waals surface area contributed by atoms with Crippen molar-refractivity contribution < 1.29 is 18.3 Å². The zero-order chi connectivity index (χ0) is 15.5. The Bertz CT molecular complexity index is 453. The summed E-state index contributed by atoms with van der Waals surface area (Å²) < 4.78 is 38.0. The summed E-state index contributed by atoms with van der Waals surface area (Å²) in [6.45, 7) is 1.99. The molecular weight excluding hydrogens is 279 g/mol. The van der Waals surface area contributed by atoms with Gasteiger partial charge >= 0.3 is 6.18 Å². The minimum Gasteiger partial charge on any atom is -0.393 e. The van der Waals surface area contributed by atoms with E-state index in [1.54, 1.807) is 6.07 Å². The van der Waals surface area contributed by atoms with Crippen molar-refractivity contribution in [3.63, 3.8) is 0 Å². The summed E-state index contributed by atoms with van der Waals surface area (Å²) in [6, 6.07) is 6.00. The second-order valence-electron chi connectivity index (χ2n) is 5.98. The number of halogens is 3. The Kier molecular flexibility index (Phi) is 5.27. The van der Waals surface area contributed by atoms with Crippen LogP contribution in [0.5, 0.6) is 0 Å². The quantitative estimate of drug-likeness (QED) is 0.891. The third kappa shape index (κ3) is 5.00. The maximum atomic E-state index is 12.7. The fourth-order valence-corrected chi connectivity index (χ4v) is 2.93. The number of nitrogens with one attached hydrogen (secondary N) is 1. The zero-order valence-corrected chi connectivity index (χ0v) is 12.2. The fourth-order valence-electron chi connectivity index (χ4n) is 2.93. The van der Waals surface area contributed by atoms with Gasteiger partial charge < -0.3 is 10.4 Å². The SMILES string of the molecule is CC(Cc1cccc(C(F)(F)F)c1)NC1CCC(O)CC1. The average molecular weight is 301 g/mol. The predicted octanol–water partition coefficient (Wildman–Crippen LogP) is 3.53. The van der Waals surface area contributed by atoms with Crippen LogP contribution in [0.2, 0.25) is 0 Å².